The number of halogens is 3. The quantitative estimate of drug-likeness (QED) is 0.623. The number of hydrogen-bond acceptors (Lipinski definition) is 4. The maximum atomic E-state index is 12.3. The second kappa shape index (κ2) is 7.37. The molecule has 1 aromatic carbocycles. The molecule has 1 aromatic rings. The van der Waals surface area contributed by atoms with Crippen LogP contribution in [0.15, 0.2) is 29.2 Å². The Hall–Kier alpha value is -1.25. The van der Waals surface area contributed by atoms with Gasteiger partial charge in [0.05, 0.1) is 12.3 Å². The van der Waals surface area contributed by atoms with E-state index in [0.29, 0.717) is 0 Å². The predicted molar refractivity (Wildman–Crippen MR) is 66.9 cm³/mol. The fourth-order valence-corrected chi connectivity index (χ4v) is 1.84. The molecule has 0 aliphatic heterocycles. The highest BCUT2D eigenvalue weighted by Crippen LogP contribution is 2.40. The highest BCUT2D eigenvalue weighted by atomic mass is 32.2. The molecule has 0 radical (unpaired) electrons. The lowest BCUT2D eigenvalue weighted by atomic mass is 10.3. The number of nitrogens with one attached hydrogen (secondary N) is 1. The van der Waals surface area contributed by atoms with Gasteiger partial charge in [0.1, 0.15) is 6.61 Å². The van der Waals surface area contributed by atoms with Crippen molar-refractivity contribution >= 4 is 23.4 Å². The summed E-state index contributed by atoms with van der Waals surface area (Å²) in [5, 5.41) is 2.37. The molecular weight excluding hydrogens is 281 g/mol. The van der Waals surface area contributed by atoms with Crippen LogP contribution in [0.25, 0.3) is 0 Å². The zero-order valence-corrected chi connectivity index (χ0v) is 10.7. The number of rotatable bonds is 6. The maximum Gasteiger partial charge on any atom is 0.446 e. The maximum absolute atomic E-state index is 12.3. The molecule has 0 bridgehead atoms. The Morgan fingerprint density at radius 3 is 2.68 bits per heavy atom. The van der Waals surface area contributed by atoms with E-state index >= 15 is 0 Å². The molecular formula is C11H13F3N2O2S. The van der Waals surface area contributed by atoms with Gasteiger partial charge in [-0.1, -0.05) is 12.1 Å². The second-order valence-electron chi connectivity index (χ2n) is 3.43. The smallest absolute Gasteiger partial charge is 0.370 e. The lowest BCUT2D eigenvalue weighted by molar-refractivity contribution is -0.120. The fraction of sp³-hybridized carbons (Fsp3) is 0.364. The summed E-state index contributed by atoms with van der Waals surface area (Å²) in [7, 11) is 0. The number of alkyl halides is 3. The predicted octanol–water partition coefficient (Wildman–Crippen LogP) is 2.21. The molecule has 0 spiro atoms. The summed E-state index contributed by atoms with van der Waals surface area (Å²) in [5.74, 6) is -0.524. The zero-order valence-electron chi connectivity index (χ0n) is 9.87. The van der Waals surface area contributed by atoms with E-state index in [1.165, 1.54) is 24.3 Å². The molecule has 106 valence electrons. The number of nitrogens with two attached hydrogens (primary N) is 1. The monoisotopic (exact) mass is 294 g/mol. The first-order valence-electron chi connectivity index (χ1n) is 5.35. The van der Waals surface area contributed by atoms with E-state index in [4.69, 9.17) is 10.5 Å². The van der Waals surface area contributed by atoms with E-state index in [0.717, 1.165) is 0 Å². The van der Waals surface area contributed by atoms with Crippen LogP contribution in [-0.2, 0) is 9.53 Å². The van der Waals surface area contributed by atoms with Gasteiger partial charge in [-0.3, -0.25) is 4.79 Å². The Morgan fingerprint density at radius 1 is 1.37 bits per heavy atom. The van der Waals surface area contributed by atoms with E-state index in [1.54, 1.807) is 0 Å². The molecule has 4 nitrogen and oxygen atoms in total. The van der Waals surface area contributed by atoms with E-state index in [-0.39, 0.29) is 42.1 Å². The summed E-state index contributed by atoms with van der Waals surface area (Å²) in [6, 6.07) is 5.69. The van der Waals surface area contributed by atoms with Gasteiger partial charge in [-0.05, 0) is 23.9 Å². The largest absolute Gasteiger partial charge is 0.446 e. The Kier molecular flexibility index (Phi) is 6.13. The number of amides is 1. The van der Waals surface area contributed by atoms with Gasteiger partial charge in [-0.2, -0.15) is 13.2 Å². The van der Waals surface area contributed by atoms with Crippen molar-refractivity contribution in [2.24, 2.45) is 5.73 Å². The zero-order chi connectivity index (χ0) is 14.3. The standard InChI is InChI=1S/C11H13F3N2O2S/c12-11(13,14)19-9-4-2-1-3-8(9)16-10(17)7-18-6-5-15/h1-4H,5-7,15H2,(H,16,17). The first-order chi connectivity index (χ1) is 8.92. The number of anilines is 1. The van der Waals surface area contributed by atoms with Crippen molar-refractivity contribution in [3.63, 3.8) is 0 Å². The van der Waals surface area contributed by atoms with E-state index in [1.807, 2.05) is 0 Å². The van der Waals surface area contributed by atoms with Crippen molar-refractivity contribution < 1.29 is 22.7 Å². The number of thioether (sulfide) groups is 1. The topological polar surface area (TPSA) is 64.3 Å². The summed E-state index contributed by atoms with van der Waals surface area (Å²) in [6.45, 7) is 0.238. The molecule has 0 fully saturated rings. The fourth-order valence-electron chi connectivity index (χ4n) is 1.22. The SMILES string of the molecule is NCCOCC(=O)Nc1ccccc1SC(F)(F)F. The van der Waals surface area contributed by atoms with Crippen LogP contribution in [0.4, 0.5) is 18.9 Å². The molecule has 0 saturated heterocycles. The van der Waals surface area contributed by atoms with Gasteiger partial charge in [0.2, 0.25) is 5.91 Å². The van der Waals surface area contributed by atoms with Crippen LogP contribution in [0.1, 0.15) is 0 Å². The van der Waals surface area contributed by atoms with Gasteiger partial charge in [0.15, 0.2) is 0 Å². The first-order valence-corrected chi connectivity index (χ1v) is 6.16. The van der Waals surface area contributed by atoms with Crippen LogP contribution >= 0.6 is 11.8 Å². The third-order valence-electron chi connectivity index (χ3n) is 1.88. The Morgan fingerprint density at radius 2 is 2.05 bits per heavy atom. The highest BCUT2D eigenvalue weighted by molar-refractivity contribution is 8.00. The number of carbonyl (C=O) groups excluding carboxylic acids is 1. The van der Waals surface area contributed by atoms with E-state index in [2.05, 4.69) is 5.32 Å². The average Bonchev–Trinajstić information content (AvgIpc) is 2.30. The molecule has 3 N–H and O–H groups in total. The molecule has 8 heteroatoms. The molecule has 19 heavy (non-hydrogen) atoms. The van der Waals surface area contributed by atoms with Gasteiger partial charge in [0.25, 0.3) is 0 Å². The van der Waals surface area contributed by atoms with Crippen molar-refractivity contribution in [1.29, 1.82) is 0 Å². The summed E-state index contributed by atoms with van der Waals surface area (Å²) < 4.78 is 41.8. The molecule has 0 heterocycles. The van der Waals surface area contributed by atoms with Gasteiger partial charge in [-0.15, -0.1) is 0 Å². The Balaban J connectivity index is 2.64. The molecule has 1 rings (SSSR count). The molecule has 1 amide bonds. The van der Waals surface area contributed by atoms with Crippen molar-refractivity contribution in [1.82, 2.24) is 0 Å². The number of benzene rings is 1. The number of carbonyl (C=O) groups is 1. The van der Waals surface area contributed by atoms with E-state index < -0.39 is 11.4 Å². The minimum atomic E-state index is -4.41. The lowest BCUT2D eigenvalue weighted by Gasteiger charge is -2.12. The number of ether oxygens (including phenoxy) is 1. The van der Waals surface area contributed by atoms with Gasteiger partial charge < -0.3 is 15.8 Å². The summed E-state index contributed by atoms with van der Waals surface area (Å²) in [4.78, 5) is 11.4. The van der Waals surface area contributed by atoms with Crippen LogP contribution in [0.2, 0.25) is 0 Å². The van der Waals surface area contributed by atoms with Gasteiger partial charge in [-0.25, -0.2) is 0 Å². The van der Waals surface area contributed by atoms with Gasteiger partial charge >= 0.3 is 5.51 Å². The molecule has 0 unspecified atom stereocenters. The van der Waals surface area contributed by atoms with Gasteiger partial charge in [0, 0.05) is 11.4 Å². The van der Waals surface area contributed by atoms with Crippen molar-refractivity contribution in [2.45, 2.75) is 10.4 Å². The van der Waals surface area contributed by atoms with Crippen LogP contribution in [0.3, 0.4) is 0 Å². The van der Waals surface area contributed by atoms with Crippen molar-refractivity contribution in [3.05, 3.63) is 24.3 Å². The van der Waals surface area contributed by atoms with Crippen LogP contribution in [-0.4, -0.2) is 31.2 Å². The van der Waals surface area contributed by atoms with Crippen LogP contribution in [0, 0.1) is 0 Å². The minimum absolute atomic E-state index is 0.0674. The molecule has 0 saturated carbocycles. The Labute approximate surface area is 112 Å². The van der Waals surface area contributed by atoms with Crippen LogP contribution < -0.4 is 11.1 Å². The molecule has 0 aliphatic rings. The third-order valence-corrected chi connectivity index (χ3v) is 2.69. The van der Waals surface area contributed by atoms with E-state index in [9.17, 15) is 18.0 Å². The molecule has 0 atom stereocenters. The third kappa shape index (κ3) is 6.46. The normalized spacial score (nSPS) is 11.4. The van der Waals surface area contributed by atoms with Crippen LogP contribution in [0.5, 0.6) is 0 Å². The first kappa shape index (κ1) is 15.8. The summed E-state index contributed by atoms with van der Waals surface area (Å²) >= 11 is -0.278. The molecule has 0 aliphatic carbocycles. The summed E-state index contributed by atoms with van der Waals surface area (Å²) in [5.41, 5.74) is 0.873. The van der Waals surface area contributed by atoms with Crippen molar-refractivity contribution in [3.8, 4) is 0 Å². The Bertz CT molecular complexity index is 427. The molecule has 0 aromatic heterocycles. The summed E-state index contributed by atoms with van der Waals surface area (Å²) in [6.07, 6.45) is 0. The number of hydrogen-bond donors (Lipinski definition) is 2. The number of para-hydroxylation sites is 1. The minimum Gasteiger partial charge on any atom is -0.370 e. The lowest BCUT2D eigenvalue weighted by Crippen LogP contribution is -2.21. The highest BCUT2D eigenvalue weighted by Gasteiger charge is 2.30. The average molecular weight is 294 g/mol. The van der Waals surface area contributed by atoms with Crippen molar-refractivity contribution in [2.75, 3.05) is 25.1 Å². The second-order valence-corrected chi connectivity index (χ2v) is 4.54.